The Bertz CT molecular complexity index is 701. The maximum absolute atomic E-state index is 13.9. The molecule has 0 amide bonds. The van der Waals surface area contributed by atoms with Crippen LogP contribution in [0.25, 0.3) is 0 Å². The van der Waals surface area contributed by atoms with Crippen molar-refractivity contribution in [3.63, 3.8) is 0 Å². The normalized spacial score (nSPS) is 19.6. The lowest BCUT2D eigenvalue weighted by molar-refractivity contribution is 0.0595. The number of methoxy groups -OCH3 is 1. The summed E-state index contributed by atoms with van der Waals surface area (Å²) in [6.07, 6.45) is 1.19. The number of rotatable bonds is 5. The maximum Gasteiger partial charge on any atom is 0.340 e. The van der Waals surface area contributed by atoms with Gasteiger partial charge in [-0.3, -0.25) is 0 Å². The summed E-state index contributed by atoms with van der Waals surface area (Å²) in [5.74, 6) is -3.58. The zero-order valence-electron chi connectivity index (χ0n) is 12.6. The molecule has 1 N–H and O–H groups in total. The first-order valence-corrected chi connectivity index (χ1v) is 8.46. The summed E-state index contributed by atoms with van der Waals surface area (Å²) in [4.78, 5) is 10.6. The van der Waals surface area contributed by atoms with Crippen LogP contribution in [0.1, 0.15) is 30.1 Å². The number of halogens is 2. The smallest absolute Gasteiger partial charge is 0.340 e. The van der Waals surface area contributed by atoms with Gasteiger partial charge < -0.3 is 9.47 Å². The van der Waals surface area contributed by atoms with E-state index in [-0.39, 0.29) is 6.10 Å². The van der Waals surface area contributed by atoms with E-state index in [2.05, 4.69) is 9.46 Å². The fourth-order valence-electron chi connectivity index (χ4n) is 2.38. The predicted molar refractivity (Wildman–Crippen MR) is 76.5 cm³/mol. The average Bonchev–Trinajstić information content (AvgIpc) is 3.00. The minimum absolute atomic E-state index is 0.312. The van der Waals surface area contributed by atoms with Gasteiger partial charge in [-0.2, -0.15) is 0 Å². The quantitative estimate of drug-likeness (QED) is 0.817. The van der Waals surface area contributed by atoms with Crippen LogP contribution in [0.4, 0.5) is 8.78 Å². The summed E-state index contributed by atoms with van der Waals surface area (Å²) in [7, 11) is -3.28. The largest absolute Gasteiger partial charge is 0.465 e. The van der Waals surface area contributed by atoms with Crippen molar-refractivity contribution in [2.75, 3.05) is 13.7 Å². The molecule has 1 heterocycles. The van der Waals surface area contributed by atoms with Crippen LogP contribution in [0.5, 0.6) is 0 Å². The van der Waals surface area contributed by atoms with Gasteiger partial charge in [0.15, 0.2) is 0 Å². The first-order chi connectivity index (χ1) is 10.8. The van der Waals surface area contributed by atoms with Gasteiger partial charge in [0.25, 0.3) is 0 Å². The van der Waals surface area contributed by atoms with E-state index in [4.69, 9.17) is 4.74 Å². The molecule has 9 heteroatoms. The van der Waals surface area contributed by atoms with Gasteiger partial charge in [0.2, 0.25) is 10.0 Å². The van der Waals surface area contributed by atoms with Gasteiger partial charge in [-0.15, -0.1) is 0 Å². The van der Waals surface area contributed by atoms with Crippen molar-refractivity contribution in [1.29, 1.82) is 0 Å². The van der Waals surface area contributed by atoms with Gasteiger partial charge >= 0.3 is 5.97 Å². The molecule has 1 fully saturated rings. The molecule has 0 aromatic heterocycles. The Morgan fingerprint density at radius 3 is 2.65 bits per heavy atom. The molecule has 1 aromatic rings. The Kier molecular flexibility index (Phi) is 5.33. The topological polar surface area (TPSA) is 81.7 Å². The molecule has 1 saturated heterocycles. The first-order valence-electron chi connectivity index (χ1n) is 6.97. The summed E-state index contributed by atoms with van der Waals surface area (Å²) in [5, 5.41) is 0. The molecular formula is C14H17F2NO5S. The van der Waals surface area contributed by atoms with Crippen molar-refractivity contribution in [3.8, 4) is 0 Å². The predicted octanol–water partition coefficient (Wildman–Crippen LogP) is 1.60. The summed E-state index contributed by atoms with van der Waals surface area (Å²) in [6, 6.07) is 0.382. The van der Waals surface area contributed by atoms with Crippen LogP contribution in [-0.2, 0) is 19.5 Å². The van der Waals surface area contributed by atoms with Gasteiger partial charge in [0, 0.05) is 18.7 Å². The molecule has 1 aromatic carbocycles. The minimum Gasteiger partial charge on any atom is -0.465 e. The maximum atomic E-state index is 13.9. The molecule has 0 radical (unpaired) electrons. The van der Waals surface area contributed by atoms with Crippen LogP contribution >= 0.6 is 0 Å². The van der Waals surface area contributed by atoms with Crippen LogP contribution in [0.3, 0.4) is 0 Å². The minimum atomic E-state index is -4.29. The lowest BCUT2D eigenvalue weighted by atomic mass is 10.1. The number of sulfonamides is 1. The summed E-state index contributed by atoms with van der Waals surface area (Å²) < 4.78 is 64.1. The van der Waals surface area contributed by atoms with Crippen molar-refractivity contribution < 1.29 is 31.5 Å². The van der Waals surface area contributed by atoms with Crippen LogP contribution < -0.4 is 4.72 Å². The van der Waals surface area contributed by atoms with Crippen LogP contribution in [-0.4, -0.2) is 40.2 Å². The van der Waals surface area contributed by atoms with Gasteiger partial charge in [-0.25, -0.2) is 26.7 Å². The van der Waals surface area contributed by atoms with Gasteiger partial charge in [0.05, 0.1) is 18.8 Å². The lowest BCUT2D eigenvalue weighted by Crippen LogP contribution is -2.41. The van der Waals surface area contributed by atoms with E-state index in [1.54, 1.807) is 6.92 Å². The van der Waals surface area contributed by atoms with E-state index in [0.29, 0.717) is 25.2 Å². The van der Waals surface area contributed by atoms with Gasteiger partial charge in [-0.05, 0) is 25.8 Å². The monoisotopic (exact) mass is 349 g/mol. The number of hydrogen-bond donors (Lipinski definition) is 1. The molecule has 23 heavy (non-hydrogen) atoms. The van der Waals surface area contributed by atoms with Crippen LogP contribution in [0.2, 0.25) is 0 Å². The molecule has 0 saturated carbocycles. The second kappa shape index (κ2) is 6.90. The number of benzene rings is 1. The van der Waals surface area contributed by atoms with Gasteiger partial charge in [-0.1, -0.05) is 0 Å². The standard InChI is InChI=1S/C14H17F2NO5S/c1-8(12-4-3-5-22-12)17-23(19,20)13-6-9(14(18)21-2)10(15)7-11(13)16/h6-8,12,17H,3-5H2,1-2H3/t8-,12+/m1/s1. The number of carbonyl (C=O) groups is 1. The molecule has 2 rings (SSSR count). The SMILES string of the molecule is COC(=O)c1cc(S(=O)(=O)N[C@H](C)[C@@H]2CCCO2)c(F)cc1F. The van der Waals surface area contributed by atoms with E-state index in [1.165, 1.54) is 0 Å². The number of carbonyl (C=O) groups excluding carboxylic acids is 1. The number of esters is 1. The Labute approximate surface area is 132 Å². The molecule has 128 valence electrons. The van der Waals surface area contributed by atoms with Crippen LogP contribution in [0, 0.1) is 11.6 Å². The first kappa shape index (κ1) is 17.8. The molecule has 1 aliphatic rings. The van der Waals surface area contributed by atoms with Crippen LogP contribution in [0.15, 0.2) is 17.0 Å². The summed E-state index contributed by atoms with van der Waals surface area (Å²) in [6.45, 7) is 2.13. The molecule has 1 aliphatic heterocycles. The zero-order chi connectivity index (χ0) is 17.2. The zero-order valence-corrected chi connectivity index (χ0v) is 13.5. The van der Waals surface area contributed by atoms with E-state index >= 15 is 0 Å². The number of hydrogen-bond acceptors (Lipinski definition) is 5. The second-order valence-electron chi connectivity index (χ2n) is 5.22. The van der Waals surface area contributed by atoms with Crippen molar-refractivity contribution >= 4 is 16.0 Å². The molecule has 0 bridgehead atoms. The summed E-state index contributed by atoms with van der Waals surface area (Å²) >= 11 is 0. The van der Waals surface area contributed by atoms with E-state index in [0.717, 1.165) is 13.5 Å². The molecule has 6 nitrogen and oxygen atoms in total. The Hall–Kier alpha value is -1.58. The number of nitrogens with one attached hydrogen (secondary N) is 1. The highest BCUT2D eigenvalue weighted by atomic mass is 32.2. The van der Waals surface area contributed by atoms with Crippen molar-refractivity contribution in [3.05, 3.63) is 29.3 Å². The van der Waals surface area contributed by atoms with E-state index in [9.17, 15) is 22.0 Å². The third kappa shape index (κ3) is 3.85. The summed E-state index contributed by atoms with van der Waals surface area (Å²) in [5.41, 5.74) is -0.654. The fourth-order valence-corrected chi connectivity index (χ4v) is 3.74. The van der Waals surface area contributed by atoms with Gasteiger partial charge in [0.1, 0.15) is 16.5 Å². The highest BCUT2D eigenvalue weighted by molar-refractivity contribution is 7.89. The molecular weight excluding hydrogens is 332 g/mol. The highest BCUT2D eigenvalue weighted by Gasteiger charge is 2.30. The van der Waals surface area contributed by atoms with Crippen molar-refractivity contribution in [2.45, 2.75) is 36.8 Å². The highest BCUT2D eigenvalue weighted by Crippen LogP contribution is 2.22. The van der Waals surface area contributed by atoms with Crippen molar-refractivity contribution in [1.82, 2.24) is 4.72 Å². The number of ether oxygens (including phenoxy) is 2. The average molecular weight is 349 g/mol. The second-order valence-corrected chi connectivity index (χ2v) is 6.90. The Morgan fingerprint density at radius 2 is 2.09 bits per heavy atom. The Balaban J connectivity index is 2.33. The molecule has 0 unspecified atom stereocenters. The Morgan fingerprint density at radius 1 is 1.39 bits per heavy atom. The molecule has 0 spiro atoms. The molecule has 0 aliphatic carbocycles. The third-order valence-electron chi connectivity index (χ3n) is 3.58. The third-order valence-corrected chi connectivity index (χ3v) is 5.15. The molecule has 2 atom stereocenters. The van der Waals surface area contributed by atoms with E-state index in [1.807, 2.05) is 0 Å². The lowest BCUT2D eigenvalue weighted by Gasteiger charge is -2.20. The fraction of sp³-hybridized carbons (Fsp3) is 0.500. The van der Waals surface area contributed by atoms with E-state index < -0.39 is 44.1 Å². The van der Waals surface area contributed by atoms with Crippen molar-refractivity contribution in [2.24, 2.45) is 0 Å².